The van der Waals surface area contributed by atoms with Crippen molar-refractivity contribution in [1.29, 1.82) is 0 Å². The van der Waals surface area contributed by atoms with Gasteiger partial charge in [-0.3, -0.25) is 0 Å². The molecule has 0 bridgehead atoms. The Hall–Kier alpha value is -0.870. The van der Waals surface area contributed by atoms with Crippen molar-refractivity contribution in [2.75, 3.05) is 13.7 Å². The van der Waals surface area contributed by atoms with Crippen LogP contribution in [0.3, 0.4) is 0 Å². The molecule has 14 heavy (non-hydrogen) atoms. The third-order valence-electron chi connectivity index (χ3n) is 1.91. The molecule has 3 nitrogen and oxygen atoms in total. The molecule has 2 aromatic rings. The van der Waals surface area contributed by atoms with Crippen LogP contribution in [0.5, 0.6) is 0 Å². The van der Waals surface area contributed by atoms with Gasteiger partial charge in [0.2, 0.25) is 0 Å². The average Bonchev–Trinajstić information content (AvgIpc) is 2.56. The fourth-order valence-electron chi connectivity index (χ4n) is 1.24. The number of oxazole rings is 1. The second-order valence-corrected chi connectivity index (χ2v) is 3.88. The quantitative estimate of drug-likeness (QED) is 0.846. The Morgan fingerprint density at radius 3 is 3.14 bits per heavy atom. The maximum absolute atomic E-state index is 5.53. The molecule has 0 aliphatic rings. The van der Waals surface area contributed by atoms with Gasteiger partial charge in [0.05, 0.1) is 6.61 Å². The molecule has 0 radical (unpaired) electrons. The third-order valence-corrected chi connectivity index (χ3v) is 2.41. The number of methoxy groups -OCH3 is 1. The number of nitrogens with zero attached hydrogens (tertiary/aromatic N) is 1. The minimum Gasteiger partial charge on any atom is -0.441 e. The summed E-state index contributed by atoms with van der Waals surface area (Å²) in [6, 6.07) is 5.79. The van der Waals surface area contributed by atoms with Gasteiger partial charge in [0.15, 0.2) is 11.5 Å². The molecule has 4 heteroatoms. The summed E-state index contributed by atoms with van der Waals surface area (Å²) in [6.07, 6.45) is 0.711. The molecule has 0 atom stereocenters. The van der Waals surface area contributed by atoms with Crippen molar-refractivity contribution < 1.29 is 9.15 Å². The molecule has 0 aliphatic carbocycles. The normalized spacial score (nSPS) is 11.0. The summed E-state index contributed by atoms with van der Waals surface area (Å²) < 4.78 is 11.5. The maximum atomic E-state index is 5.53. The standard InChI is InChI=1S/C10H10BrNO2/c1-13-5-4-10-12-8-3-2-7(11)6-9(8)14-10/h2-3,6H,4-5H2,1H3. The second-order valence-electron chi connectivity index (χ2n) is 2.96. The lowest BCUT2D eigenvalue weighted by Crippen LogP contribution is -1.93. The number of hydrogen-bond acceptors (Lipinski definition) is 3. The zero-order valence-electron chi connectivity index (χ0n) is 7.79. The van der Waals surface area contributed by atoms with Crippen LogP contribution >= 0.6 is 15.9 Å². The van der Waals surface area contributed by atoms with Crippen LogP contribution in [0.4, 0.5) is 0 Å². The SMILES string of the molecule is COCCc1nc2ccc(Br)cc2o1. The van der Waals surface area contributed by atoms with Crippen LogP contribution in [0.2, 0.25) is 0 Å². The lowest BCUT2D eigenvalue weighted by atomic mass is 10.3. The first-order chi connectivity index (χ1) is 6.79. The van der Waals surface area contributed by atoms with Crippen molar-refractivity contribution >= 4 is 27.0 Å². The molecule has 1 aromatic carbocycles. The monoisotopic (exact) mass is 255 g/mol. The molecule has 0 saturated heterocycles. The highest BCUT2D eigenvalue weighted by Gasteiger charge is 2.05. The van der Waals surface area contributed by atoms with Gasteiger partial charge in [-0.25, -0.2) is 4.98 Å². The summed E-state index contributed by atoms with van der Waals surface area (Å²) in [5.74, 6) is 0.722. The Morgan fingerprint density at radius 2 is 2.36 bits per heavy atom. The van der Waals surface area contributed by atoms with Crippen molar-refractivity contribution in [3.63, 3.8) is 0 Å². The molecule has 1 heterocycles. The van der Waals surface area contributed by atoms with Gasteiger partial charge in [0, 0.05) is 18.0 Å². The Morgan fingerprint density at radius 1 is 1.50 bits per heavy atom. The molecule has 0 N–H and O–H groups in total. The summed E-state index contributed by atoms with van der Waals surface area (Å²) in [5.41, 5.74) is 1.70. The zero-order valence-corrected chi connectivity index (χ0v) is 9.37. The largest absolute Gasteiger partial charge is 0.441 e. The van der Waals surface area contributed by atoms with Crippen molar-refractivity contribution in [2.24, 2.45) is 0 Å². The summed E-state index contributed by atoms with van der Waals surface area (Å²) in [5, 5.41) is 0. The molecule has 0 aliphatic heterocycles. The first kappa shape index (κ1) is 9.68. The third kappa shape index (κ3) is 1.96. The van der Waals surface area contributed by atoms with E-state index in [1.807, 2.05) is 18.2 Å². The van der Waals surface area contributed by atoms with E-state index in [0.717, 1.165) is 21.5 Å². The molecule has 0 spiro atoms. The van der Waals surface area contributed by atoms with E-state index in [1.54, 1.807) is 7.11 Å². The lowest BCUT2D eigenvalue weighted by molar-refractivity contribution is 0.196. The predicted octanol–water partition coefficient (Wildman–Crippen LogP) is 2.78. The van der Waals surface area contributed by atoms with E-state index >= 15 is 0 Å². The topological polar surface area (TPSA) is 35.3 Å². The van der Waals surface area contributed by atoms with E-state index in [9.17, 15) is 0 Å². The summed E-state index contributed by atoms with van der Waals surface area (Å²) >= 11 is 3.38. The van der Waals surface area contributed by atoms with Gasteiger partial charge < -0.3 is 9.15 Å². The van der Waals surface area contributed by atoms with Crippen LogP contribution < -0.4 is 0 Å². The number of ether oxygens (including phenoxy) is 1. The highest BCUT2D eigenvalue weighted by atomic mass is 79.9. The van der Waals surface area contributed by atoms with Crippen LogP contribution in [0.1, 0.15) is 5.89 Å². The summed E-state index contributed by atoms with van der Waals surface area (Å²) in [6.45, 7) is 0.633. The van der Waals surface area contributed by atoms with Gasteiger partial charge >= 0.3 is 0 Å². The van der Waals surface area contributed by atoms with E-state index in [0.29, 0.717) is 13.0 Å². The molecule has 0 unspecified atom stereocenters. The van der Waals surface area contributed by atoms with Crippen LogP contribution in [-0.4, -0.2) is 18.7 Å². The highest BCUT2D eigenvalue weighted by Crippen LogP contribution is 2.20. The maximum Gasteiger partial charge on any atom is 0.197 e. The van der Waals surface area contributed by atoms with Crippen LogP contribution in [-0.2, 0) is 11.2 Å². The Balaban J connectivity index is 2.32. The molecule has 2 rings (SSSR count). The smallest absolute Gasteiger partial charge is 0.197 e. The number of hydrogen-bond donors (Lipinski definition) is 0. The Bertz CT molecular complexity index is 439. The summed E-state index contributed by atoms with van der Waals surface area (Å²) in [4.78, 5) is 4.32. The van der Waals surface area contributed by atoms with Gasteiger partial charge in [-0.15, -0.1) is 0 Å². The molecular weight excluding hydrogens is 246 g/mol. The van der Waals surface area contributed by atoms with Gasteiger partial charge in [-0.05, 0) is 18.2 Å². The number of aromatic nitrogens is 1. The van der Waals surface area contributed by atoms with Crippen molar-refractivity contribution in [3.05, 3.63) is 28.6 Å². The minimum atomic E-state index is 0.633. The molecular formula is C10H10BrNO2. The second kappa shape index (κ2) is 4.11. The van der Waals surface area contributed by atoms with Gasteiger partial charge in [0.1, 0.15) is 5.52 Å². The van der Waals surface area contributed by atoms with E-state index in [1.165, 1.54) is 0 Å². The Kier molecular flexibility index (Phi) is 2.84. The number of fused-ring (bicyclic) bond motifs is 1. The Labute approximate surface area is 90.2 Å². The predicted molar refractivity (Wildman–Crippen MR) is 57.3 cm³/mol. The van der Waals surface area contributed by atoms with Gasteiger partial charge in [0.25, 0.3) is 0 Å². The molecule has 1 aromatic heterocycles. The van der Waals surface area contributed by atoms with Crippen molar-refractivity contribution in [1.82, 2.24) is 4.98 Å². The zero-order chi connectivity index (χ0) is 9.97. The average molecular weight is 256 g/mol. The van der Waals surface area contributed by atoms with E-state index in [-0.39, 0.29) is 0 Å². The van der Waals surface area contributed by atoms with Crippen LogP contribution in [0, 0.1) is 0 Å². The first-order valence-electron chi connectivity index (χ1n) is 4.33. The number of halogens is 1. The number of rotatable bonds is 3. The van der Waals surface area contributed by atoms with E-state index in [4.69, 9.17) is 9.15 Å². The summed E-state index contributed by atoms with van der Waals surface area (Å²) in [7, 11) is 1.67. The van der Waals surface area contributed by atoms with E-state index < -0.39 is 0 Å². The van der Waals surface area contributed by atoms with E-state index in [2.05, 4.69) is 20.9 Å². The first-order valence-corrected chi connectivity index (χ1v) is 5.13. The van der Waals surface area contributed by atoms with Gasteiger partial charge in [-0.1, -0.05) is 15.9 Å². The molecule has 74 valence electrons. The van der Waals surface area contributed by atoms with Crippen molar-refractivity contribution in [3.8, 4) is 0 Å². The van der Waals surface area contributed by atoms with Crippen LogP contribution in [0.25, 0.3) is 11.1 Å². The molecule has 0 amide bonds. The lowest BCUT2D eigenvalue weighted by Gasteiger charge is -1.91. The minimum absolute atomic E-state index is 0.633. The van der Waals surface area contributed by atoms with Gasteiger partial charge in [-0.2, -0.15) is 0 Å². The molecule has 0 saturated carbocycles. The van der Waals surface area contributed by atoms with Crippen LogP contribution in [0.15, 0.2) is 27.1 Å². The highest BCUT2D eigenvalue weighted by molar-refractivity contribution is 9.10. The fraction of sp³-hybridized carbons (Fsp3) is 0.300. The fourth-order valence-corrected chi connectivity index (χ4v) is 1.58. The number of benzene rings is 1. The molecule has 0 fully saturated rings. The van der Waals surface area contributed by atoms with Crippen molar-refractivity contribution in [2.45, 2.75) is 6.42 Å².